The summed E-state index contributed by atoms with van der Waals surface area (Å²) in [6, 6.07) is 1.08. The SMILES string of the molecule is CC(C)NCc1nnc(N2CCCN(C)CC2)o1. The Morgan fingerprint density at radius 3 is 2.83 bits per heavy atom. The molecule has 0 aliphatic carbocycles. The summed E-state index contributed by atoms with van der Waals surface area (Å²) >= 11 is 0. The summed E-state index contributed by atoms with van der Waals surface area (Å²) < 4.78 is 5.69. The molecule has 0 unspecified atom stereocenters. The smallest absolute Gasteiger partial charge is 0.318 e. The average Bonchev–Trinajstić information content (AvgIpc) is 2.69. The molecule has 102 valence electrons. The van der Waals surface area contributed by atoms with Crippen molar-refractivity contribution in [1.82, 2.24) is 20.4 Å². The van der Waals surface area contributed by atoms with Crippen LogP contribution in [0.4, 0.5) is 6.01 Å². The number of hydrogen-bond acceptors (Lipinski definition) is 6. The molecule has 1 aliphatic heterocycles. The van der Waals surface area contributed by atoms with Crippen molar-refractivity contribution >= 4 is 6.01 Å². The molecule has 2 heterocycles. The maximum Gasteiger partial charge on any atom is 0.318 e. The molecule has 1 N–H and O–H groups in total. The van der Waals surface area contributed by atoms with Crippen molar-refractivity contribution in [3.05, 3.63) is 5.89 Å². The van der Waals surface area contributed by atoms with Gasteiger partial charge in [0.2, 0.25) is 5.89 Å². The van der Waals surface area contributed by atoms with Crippen LogP contribution in [0.5, 0.6) is 0 Å². The highest BCUT2D eigenvalue weighted by Crippen LogP contribution is 2.14. The number of hydrogen-bond donors (Lipinski definition) is 1. The van der Waals surface area contributed by atoms with Crippen LogP contribution in [0.3, 0.4) is 0 Å². The molecule has 6 nitrogen and oxygen atoms in total. The van der Waals surface area contributed by atoms with Crippen molar-refractivity contribution in [1.29, 1.82) is 0 Å². The molecule has 0 bridgehead atoms. The average molecular weight is 253 g/mol. The van der Waals surface area contributed by atoms with Crippen molar-refractivity contribution in [3.8, 4) is 0 Å². The molecule has 0 amide bonds. The van der Waals surface area contributed by atoms with E-state index in [0.717, 1.165) is 32.6 Å². The van der Waals surface area contributed by atoms with Gasteiger partial charge in [0.05, 0.1) is 6.54 Å². The Kier molecular flexibility index (Phi) is 4.54. The Hall–Kier alpha value is -1.14. The lowest BCUT2D eigenvalue weighted by atomic mass is 10.4. The molecule has 0 radical (unpaired) electrons. The largest absolute Gasteiger partial charge is 0.407 e. The summed E-state index contributed by atoms with van der Waals surface area (Å²) in [5, 5.41) is 11.5. The van der Waals surface area contributed by atoms with E-state index in [0.29, 0.717) is 24.5 Å². The van der Waals surface area contributed by atoms with E-state index in [1.807, 2.05) is 0 Å². The van der Waals surface area contributed by atoms with Gasteiger partial charge in [0.15, 0.2) is 0 Å². The summed E-state index contributed by atoms with van der Waals surface area (Å²) in [5.41, 5.74) is 0. The Morgan fingerprint density at radius 1 is 1.22 bits per heavy atom. The summed E-state index contributed by atoms with van der Waals surface area (Å²) in [4.78, 5) is 4.51. The van der Waals surface area contributed by atoms with Crippen molar-refractivity contribution in [3.63, 3.8) is 0 Å². The van der Waals surface area contributed by atoms with Crippen LogP contribution in [-0.4, -0.2) is 54.4 Å². The van der Waals surface area contributed by atoms with Crippen LogP contribution in [0.1, 0.15) is 26.2 Å². The summed E-state index contributed by atoms with van der Waals surface area (Å²) in [5.74, 6) is 0.663. The third kappa shape index (κ3) is 3.68. The van der Waals surface area contributed by atoms with Gasteiger partial charge in [-0.3, -0.25) is 0 Å². The number of aromatic nitrogens is 2. The molecule has 0 atom stereocenters. The molecule has 1 saturated heterocycles. The van der Waals surface area contributed by atoms with Gasteiger partial charge in [0.1, 0.15) is 0 Å². The molecular formula is C12H23N5O. The Bertz CT molecular complexity index is 365. The monoisotopic (exact) mass is 253 g/mol. The van der Waals surface area contributed by atoms with Gasteiger partial charge < -0.3 is 19.5 Å². The van der Waals surface area contributed by atoms with Crippen LogP contribution in [0.2, 0.25) is 0 Å². The molecule has 0 aromatic carbocycles. The Labute approximate surface area is 108 Å². The molecular weight excluding hydrogens is 230 g/mol. The minimum atomic E-state index is 0.423. The molecule has 2 rings (SSSR count). The van der Waals surface area contributed by atoms with E-state index >= 15 is 0 Å². The second kappa shape index (κ2) is 6.15. The number of anilines is 1. The first-order chi connectivity index (χ1) is 8.65. The molecule has 1 aliphatic rings. The quantitative estimate of drug-likeness (QED) is 0.853. The van der Waals surface area contributed by atoms with E-state index in [-0.39, 0.29) is 0 Å². The van der Waals surface area contributed by atoms with Gasteiger partial charge >= 0.3 is 6.01 Å². The molecule has 1 aromatic rings. The van der Waals surface area contributed by atoms with Crippen molar-refractivity contribution < 1.29 is 4.42 Å². The molecule has 6 heteroatoms. The first-order valence-corrected chi connectivity index (χ1v) is 6.64. The lowest BCUT2D eigenvalue weighted by molar-refractivity contribution is 0.359. The maximum atomic E-state index is 5.69. The summed E-state index contributed by atoms with van der Waals surface area (Å²) in [6.07, 6.45) is 1.14. The van der Waals surface area contributed by atoms with Gasteiger partial charge in [-0.25, -0.2) is 0 Å². The lowest BCUT2D eigenvalue weighted by Crippen LogP contribution is -2.28. The normalized spacial score (nSPS) is 18.3. The topological polar surface area (TPSA) is 57.4 Å². The number of nitrogens with zero attached hydrogens (tertiary/aromatic N) is 4. The minimum absolute atomic E-state index is 0.423. The van der Waals surface area contributed by atoms with E-state index in [1.54, 1.807) is 0 Å². The molecule has 0 spiro atoms. The van der Waals surface area contributed by atoms with Crippen LogP contribution < -0.4 is 10.2 Å². The molecule has 18 heavy (non-hydrogen) atoms. The number of likely N-dealkylation sites (N-methyl/N-ethyl adjacent to an activating group) is 1. The van der Waals surface area contributed by atoms with Crippen LogP contribution in [0.15, 0.2) is 4.42 Å². The molecule has 0 saturated carbocycles. The zero-order valence-corrected chi connectivity index (χ0v) is 11.5. The van der Waals surface area contributed by atoms with Crippen molar-refractivity contribution in [2.75, 3.05) is 38.1 Å². The maximum absolute atomic E-state index is 5.69. The Balaban J connectivity index is 1.92. The second-order valence-electron chi connectivity index (χ2n) is 5.16. The van der Waals surface area contributed by atoms with Gasteiger partial charge in [-0.2, -0.15) is 0 Å². The van der Waals surface area contributed by atoms with Gasteiger partial charge in [0.25, 0.3) is 0 Å². The highest BCUT2D eigenvalue weighted by molar-refractivity contribution is 5.24. The predicted molar refractivity (Wildman–Crippen MR) is 70.6 cm³/mol. The van der Waals surface area contributed by atoms with Gasteiger partial charge in [-0.05, 0) is 20.0 Å². The van der Waals surface area contributed by atoms with Crippen LogP contribution in [-0.2, 0) is 6.54 Å². The van der Waals surface area contributed by atoms with Crippen LogP contribution >= 0.6 is 0 Å². The first-order valence-electron chi connectivity index (χ1n) is 6.64. The third-order valence-corrected chi connectivity index (χ3v) is 3.11. The fourth-order valence-corrected chi connectivity index (χ4v) is 1.97. The zero-order valence-electron chi connectivity index (χ0n) is 11.5. The Morgan fingerprint density at radius 2 is 2.06 bits per heavy atom. The highest BCUT2D eigenvalue weighted by atomic mass is 16.4. The zero-order chi connectivity index (χ0) is 13.0. The minimum Gasteiger partial charge on any atom is -0.407 e. The highest BCUT2D eigenvalue weighted by Gasteiger charge is 2.17. The van der Waals surface area contributed by atoms with E-state index in [9.17, 15) is 0 Å². The second-order valence-corrected chi connectivity index (χ2v) is 5.16. The van der Waals surface area contributed by atoms with Crippen LogP contribution in [0.25, 0.3) is 0 Å². The summed E-state index contributed by atoms with van der Waals surface area (Å²) in [7, 11) is 2.15. The van der Waals surface area contributed by atoms with Gasteiger partial charge in [0, 0.05) is 25.7 Å². The van der Waals surface area contributed by atoms with Crippen LogP contribution in [0, 0.1) is 0 Å². The predicted octanol–water partition coefficient (Wildman–Crippen LogP) is 0.710. The van der Waals surface area contributed by atoms with E-state index in [4.69, 9.17) is 4.42 Å². The third-order valence-electron chi connectivity index (χ3n) is 3.11. The molecule has 1 fully saturated rings. The van der Waals surface area contributed by atoms with Gasteiger partial charge in [-0.15, -0.1) is 5.10 Å². The fraction of sp³-hybridized carbons (Fsp3) is 0.833. The number of rotatable bonds is 4. The lowest BCUT2D eigenvalue weighted by Gasteiger charge is -2.17. The van der Waals surface area contributed by atoms with Crippen molar-refractivity contribution in [2.24, 2.45) is 0 Å². The van der Waals surface area contributed by atoms with Gasteiger partial charge in [-0.1, -0.05) is 18.9 Å². The summed E-state index contributed by atoms with van der Waals surface area (Å²) in [6.45, 7) is 8.95. The van der Waals surface area contributed by atoms with E-state index < -0.39 is 0 Å². The first kappa shape index (κ1) is 13.3. The van der Waals surface area contributed by atoms with Crippen molar-refractivity contribution in [2.45, 2.75) is 32.9 Å². The number of nitrogens with one attached hydrogen (secondary N) is 1. The molecule has 1 aromatic heterocycles. The van der Waals surface area contributed by atoms with E-state index in [2.05, 4.69) is 46.2 Å². The van der Waals surface area contributed by atoms with E-state index in [1.165, 1.54) is 0 Å². The standard InChI is InChI=1S/C12H23N5O/c1-10(2)13-9-11-14-15-12(18-11)17-6-4-5-16(3)7-8-17/h10,13H,4-9H2,1-3H3. The fourth-order valence-electron chi connectivity index (χ4n) is 1.97.